The molecule has 0 spiro atoms. The molecule has 21 heavy (non-hydrogen) atoms. The number of rotatable bonds is 4. The second kappa shape index (κ2) is 5.88. The van der Waals surface area contributed by atoms with Crippen molar-refractivity contribution in [2.75, 3.05) is 5.32 Å². The highest BCUT2D eigenvalue weighted by Crippen LogP contribution is 2.14. The number of benzene rings is 1. The molecule has 0 aliphatic rings. The van der Waals surface area contributed by atoms with Crippen LogP contribution < -0.4 is 10.9 Å². The molecule has 0 aliphatic heterocycles. The Hall–Kier alpha value is -2.47. The first-order valence-corrected chi connectivity index (χ1v) is 7.40. The Bertz CT molecular complexity index is 795. The second-order valence-electron chi connectivity index (χ2n) is 4.70. The monoisotopic (exact) mass is 298 g/mol. The van der Waals surface area contributed by atoms with Crippen molar-refractivity contribution < 1.29 is 0 Å². The lowest BCUT2D eigenvalue weighted by molar-refractivity contribution is 0.879. The van der Waals surface area contributed by atoms with Gasteiger partial charge in [-0.3, -0.25) is 9.78 Å². The molecule has 3 rings (SSSR count). The van der Waals surface area contributed by atoms with E-state index in [1.165, 1.54) is 0 Å². The number of hydrogen-bond donors (Lipinski definition) is 2. The molecule has 0 atom stereocenters. The number of H-pyrrole nitrogens is 1. The molecule has 0 saturated carbocycles. The molecule has 1 aromatic carbocycles. The number of thiophene rings is 1. The van der Waals surface area contributed by atoms with Crippen LogP contribution in [-0.2, 0) is 6.42 Å². The Kier molecular flexibility index (Phi) is 3.79. The largest absolute Gasteiger partial charge is 0.324 e. The van der Waals surface area contributed by atoms with E-state index in [9.17, 15) is 4.79 Å². The number of nitrogens with one attached hydrogen (secondary N) is 2. The van der Waals surface area contributed by atoms with Gasteiger partial charge < -0.3 is 5.32 Å². The fourth-order valence-electron chi connectivity index (χ4n) is 1.97. The van der Waals surface area contributed by atoms with Gasteiger partial charge in [0.15, 0.2) is 0 Å². The van der Waals surface area contributed by atoms with Crippen LogP contribution >= 0.6 is 11.3 Å². The summed E-state index contributed by atoms with van der Waals surface area (Å²) in [5, 5.41) is 13.1. The van der Waals surface area contributed by atoms with Crippen LogP contribution in [0.4, 0.5) is 11.6 Å². The summed E-state index contributed by atoms with van der Waals surface area (Å²) in [6, 6.07) is 11.8. The molecule has 0 saturated heterocycles. The molecule has 0 unspecified atom stereocenters. The minimum Gasteiger partial charge on any atom is -0.324 e. The first-order chi connectivity index (χ1) is 10.2. The summed E-state index contributed by atoms with van der Waals surface area (Å²) in [5.74, 6) is 0.348. The van der Waals surface area contributed by atoms with Crippen molar-refractivity contribution in [3.63, 3.8) is 0 Å². The zero-order valence-electron chi connectivity index (χ0n) is 11.5. The van der Waals surface area contributed by atoms with E-state index in [-0.39, 0.29) is 5.56 Å². The molecule has 106 valence electrons. The van der Waals surface area contributed by atoms with Gasteiger partial charge in [-0.15, -0.1) is 21.5 Å². The Morgan fingerprint density at radius 3 is 2.86 bits per heavy atom. The van der Waals surface area contributed by atoms with Crippen LogP contribution in [0.3, 0.4) is 0 Å². The Labute approximate surface area is 125 Å². The Morgan fingerprint density at radius 1 is 1.24 bits per heavy atom. The van der Waals surface area contributed by atoms with E-state index in [4.69, 9.17) is 0 Å². The highest BCUT2D eigenvalue weighted by molar-refractivity contribution is 7.09. The molecule has 0 aliphatic carbocycles. The highest BCUT2D eigenvalue weighted by atomic mass is 32.1. The zero-order valence-corrected chi connectivity index (χ0v) is 12.3. The topological polar surface area (TPSA) is 70.7 Å². The third-order valence-electron chi connectivity index (χ3n) is 2.97. The lowest BCUT2D eigenvalue weighted by Gasteiger charge is -2.05. The van der Waals surface area contributed by atoms with Gasteiger partial charge in [-0.2, -0.15) is 0 Å². The van der Waals surface area contributed by atoms with Gasteiger partial charge in [-0.1, -0.05) is 18.2 Å². The number of aromatic nitrogens is 3. The van der Waals surface area contributed by atoms with E-state index in [0.29, 0.717) is 18.1 Å². The summed E-state index contributed by atoms with van der Waals surface area (Å²) >= 11 is 1.60. The van der Waals surface area contributed by atoms with Gasteiger partial charge in [-0.05, 0) is 36.1 Å². The molecule has 0 radical (unpaired) electrons. The van der Waals surface area contributed by atoms with Crippen LogP contribution in [0.5, 0.6) is 0 Å². The van der Waals surface area contributed by atoms with Crippen LogP contribution in [0, 0.1) is 6.92 Å². The Balaban J connectivity index is 1.79. The number of hydrogen-bond acceptors (Lipinski definition) is 5. The van der Waals surface area contributed by atoms with Crippen molar-refractivity contribution in [3.8, 4) is 0 Å². The molecule has 2 heterocycles. The smallest absolute Gasteiger partial charge is 0.274 e. The van der Waals surface area contributed by atoms with Crippen LogP contribution in [-0.4, -0.2) is 15.2 Å². The number of aryl methyl sites for hydroxylation is 1. The van der Waals surface area contributed by atoms with E-state index in [0.717, 1.165) is 16.1 Å². The molecule has 5 nitrogen and oxygen atoms in total. The van der Waals surface area contributed by atoms with Crippen LogP contribution in [0.2, 0.25) is 0 Å². The molecule has 2 aromatic heterocycles. The van der Waals surface area contributed by atoms with Crippen molar-refractivity contribution in [2.24, 2.45) is 0 Å². The van der Waals surface area contributed by atoms with Gasteiger partial charge >= 0.3 is 0 Å². The minimum absolute atomic E-state index is 0.214. The van der Waals surface area contributed by atoms with Crippen molar-refractivity contribution in [1.82, 2.24) is 15.2 Å². The summed E-state index contributed by atoms with van der Waals surface area (Å²) in [6.45, 7) is 2.00. The van der Waals surface area contributed by atoms with E-state index in [1.807, 2.05) is 48.7 Å². The quantitative estimate of drug-likeness (QED) is 0.777. The maximum Gasteiger partial charge on any atom is 0.274 e. The molecule has 2 N–H and O–H groups in total. The van der Waals surface area contributed by atoms with Crippen LogP contribution in [0.1, 0.15) is 16.1 Å². The second-order valence-corrected chi connectivity index (χ2v) is 5.73. The third-order valence-corrected chi connectivity index (χ3v) is 3.84. The minimum atomic E-state index is -0.214. The maximum absolute atomic E-state index is 12.0. The van der Waals surface area contributed by atoms with Gasteiger partial charge in [0.05, 0.1) is 0 Å². The van der Waals surface area contributed by atoms with Crippen molar-refractivity contribution in [2.45, 2.75) is 13.3 Å². The summed E-state index contributed by atoms with van der Waals surface area (Å²) in [7, 11) is 0. The first kappa shape index (κ1) is 13.5. The number of anilines is 2. The molecular weight excluding hydrogens is 284 g/mol. The predicted molar refractivity (Wildman–Crippen MR) is 84.2 cm³/mol. The third kappa shape index (κ3) is 3.35. The molecule has 0 bridgehead atoms. The van der Waals surface area contributed by atoms with Crippen molar-refractivity contribution >= 4 is 23.0 Å². The summed E-state index contributed by atoms with van der Waals surface area (Å²) in [4.78, 5) is 15.8. The Morgan fingerprint density at radius 2 is 2.14 bits per heavy atom. The fourth-order valence-corrected chi connectivity index (χ4v) is 2.68. The van der Waals surface area contributed by atoms with E-state index >= 15 is 0 Å². The number of nitrogens with zero attached hydrogens (tertiary/aromatic N) is 2. The molecular formula is C15H14N4OS. The predicted octanol–water partition coefficient (Wildman–Crippen LogP) is 2.87. The molecule has 0 fully saturated rings. The summed E-state index contributed by atoms with van der Waals surface area (Å²) < 4.78 is 0. The summed E-state index contributed by atoms with van der Waals surface area (Å²) in [5.41, 5.74) is 2.20. The van der Waals surface area contributed by atoms with Crippen LogP contribution in [0.15, 0.2) is 46.6 Å². The molecule has 0 amide bonds. The maximum atomic E-state index is 12.0. The average molecular weight is 298 g/mol. The standard InChI is InChI=1S/C15H14N4OS/c1-10-4-2-5-11(8-10)16-15-17-14(20)13(18-19-15)9-12-6-3-7-21-12/h2-8H,9H2,1H3,(H2,16,17,19,20). The van der Waals surface area contributed by atoms with Gasteiger partial charge in [0.1, 0.15) is 5.69 Å². The average Bonchev–Trinajstić information content (AvgIpc) is 2.95. The van der Waals surface area contributed by atoms with E-state index in [2.05, 4.69) is 20.5 Å². The van der Waals surface area contributed by atoms with Gasteiger partial charge in [0.2, 0.25) is 5.95 Å². The van der Waals surface area contributed by atoms with E-state index in [1.54, 1.807) is 11.3 Å². The van der Waals surface area contributed by atoms with Crippen LogP contribution in [0.25, 0.3) is 0 Å². The van der Waals surface area contributed by atoms with Gasteiger partial charge in [0.25, 0.3) is 5.56 Å². The van der Waals surface area contributed by atoms with Gasteiger partial charge in [0, 0.05) is 17.0 Å². The molecule has 6 heteroatoms. The first-order valence-electron chi connectivity index (χ1n) is 6.52. The lowest BCUT2D eigenvalue weighted by atomic mass is 10.2. The van der Waals surface area contributed by atoms with Crippen molar-refractivity contribution in [1.29, 1.82) is 0 Å². The normalized spacial score (nSPS) is 10.5. The summed E-state index contributed by atoms with van der Waals surface area (Å²) in [6.07, 6.45) is 0.505. The SMILES string of the molecule is Cc1cccc(Nc2nnc(Cc3cccs3)c(=O)[nH]2)c1. The zero-order chi connectivity index (χ0) is 14.7. The van der Waals surface area contributed by atoms with E-state index < -0.39 is 0 Å². The lowest BCUT2D eigenvalue weighted by Crippen LogP contribution is -2.18. The molecule has 3 aromatic rings. The highest BCUT2D eigenvalue weighted by Gasteiger charge is 2.07. The fraction of sp³-hybridized carbons (Fsp3) is 0.133. The van der Waals surface area contributed by atoms with Crippen molar-refractivity contribution in [3.05, 3.63) is 68.3 Å². The van der Waals surface area contributed by atoms with Gasteiger partial charge in [-0.25, -0.2) is 0 Å². The number of aromatic amines is 1.